The lowest BCUT2D eigenvalue weighted by Crippen LogP contribution is -2.56. The van der Waals surface area contributed by atoms with Crippen LogP contribution in [-0.4, -0.2) is 11.9 Å². The van der Waals surface area contributed by atoms with Crippen molar-refractivity contribution in [1.82, 2.24) is 5.32 Å². The lowest BCUT2D eigenvalue weighted by Gasteiger charge is -2.59. The van der Waals surface area contributed by atoms with E-state index in [4.69, 9.17) is 0 Å². The maximum Gasteiger partial charge on any atom is 0.238 e. The van der Waals surface area contributed by atoms with E-state index in [1.807, 2.05) is 36.4 Å². The van der Waals surface area contributed by atoms with Crippen molar-refractivity contribution in [1.29, 1.82) is 0 Å². The predicted octanol–water partition coefficient (Wildman–Crippen LogP) is 6.24. The van der Waals surface area contributed by atoms with Crippen LogP contribution in [0.2, 0.25) is 0 Å². The summed E-state index contributed by atoms with van der Waals surface area (Å²) in [5.74, 6) is 2.88. The lowest BCUT2D eigenvalue weighted by atomic mass is 9.48. The second-order valence-electron chi connectivity index (χ2n) is 9.73. The first-order valence-corrected chi connectivity index (χ1v) is 12.1. The van der Waals surface area contributed by atoms with Gasteiger partial charge in [-0.15, -0.1) is 11.8 Å². The molecule has 2 nitrogen and oxygen atoms in total. The molecule has 3 heteroatoms. The minimum atomic E-state index is -0.213. The van der Waals surface area contributed by atoms with Crippen LogP contribution in [0.1, 0.15) is 56.3 Å². The fourth-order valence-corrected chi connectivity index (χ4v) is 7.74. The molecule has 2 atom stereocenters. The Balaban J connectivity index is 1.35. The third-order valence-corrected chi connectivity index (χ3v) is 8.97. The molecule has 0 radical (unpaired) electrons. The van der Waals surface area contributed by atoms with E-state index in [0.29, 0.717) is 5.41 Å². The van der Waals surface area contributed by atoms with Crippen LogP contribution in [0.15, 0.2) is 65.6 Å². The van der Waals surface area contributed by atoms with E-state index in [1.165, 1.54) is 38.5 Å². The summed E-state index contributed by atoms with van der Waals surface area (Å²) in [7, 11) is 0. The molecule has 0 spiro atoms. The molecule has 152 valence electrons. The summed E-state index contributed by atoms with van der Waals surface area (Å²) in [5, 5.41) is 3.28. The maximum absolute atomic E-state index is 13.5. The Bertz CT molecular complexity index is 814. The monoisotopic (exact) mass is 405 g/mol. The quantitative estimate of drug-likeness (QED) is 0.576. The van der Waals surface area contributed by atoms with Crippen LogP contribution >= 0.6 is 11.8 Å². The molecule has 4 saturated carbocycles. The molecular formula is C26H31NOS. The van der Waals surface area contributed by atoms with E-state index in [0.717, 1.165) is 28.2 Å². The Morgan fingerprint density at radius 1 is 0.897 bits per heavy atom. The molecule has 1 amide bonds. The highest BCUT2D eigenvalue weighted by atomic mass is 32.2. The number of hydrogen-bond acceptors (Lipinski definition) is 2. The molecule has 0 aromatic heterocycles. The van der Waals surface area contributed by atoms with Gasteiger partial charge in [0.1, 0.15) is 5.25 Å². The average Bonchev–Trinajstić information content (AvgIpc) is 2.72. The highest BCUT2D eigenvalue weighted by Gasteiger charge is 2.53. The zero-order valence-corrected chi connectivity index (χ0v) is 18.0. The second kappa shape index (κ2) is 7.83. The van der Waals surface area contributed by atoms with Gasteiger partial charge in [-0.05, 0) is 86.3 Å². The van der Waals surface area contributed by atoms with Crippen molar-refractivity contribution in [2.45, 2.75) is 61.6 Å². The fourth-order valence-electron chi connectivity index (χ4n) is 6.69. The third kappa shape index (κ3) is 3.86. The molecule has 6 rings (SSSR count). The predicted molar refractivity (Wildman–Crippen MR) is 120 cm³/mol. The highest BCUT2D eigenvalue weighted by molar-refractivity contribution is 8.00. The van der Waals surface area contributed by atoms with Crippen LogP contribution in [0, 0.1) is 23.2 Å². The smallest absolute Gasteiger partial charge is 0.238 e. The summed E-state index contributed by atoms with van der Waals surface area (Å²) in [6.07, 6.45) is 8.29. The van der Waals surface area contributed by atoms with E-state index in [9.17, 15) is 4.79 Å². The van der Waals surface area contributed by atoms with E-state index in [-0.39, 0.29) is 17.2 Å². The minimum Gasteiger partial charge on any atom is -0.352 e. The summed E-state index contributed by atoms with van der Waals surface area (Å²) in [6, 6.07) is 20.8. The van der Waals surface area contributed by atoms with Gasteiger partial charge >= 0.3 is 0 Å². The van der Waals surface area contributed by atoms with Crippen molar-refractivity contribution in [3.63, 3.8) is 0 Å². The molecule has 0 heterocycles. The van der Waals surface area contributed by atoms with Gasteiger partial charge in [0.2, 0.25) is 5.91 Å². The lowest BCUT2D eigenvalue weighted by molar-refractivity contribution is -0.125. The Morgan fingerprint density at radius 2 is 1.41 bits per heavy atom. The van der Waals surface area contributed by atoms with Crippen molar-refractivity contribution in [3.8, 4) is 0 Å². The first kappa shape index (κ1) is 19.2. The number of benzene rings is 2. The van der Waals surface area contributed by atoms with Gasteiger partial charge < -0.3 is 5.32 Å². The molecule has 29 heavy (non-hydrogen) atoms. The normalized spacial score (nSPS) is 32.0. The largest absolute Gasteiger partial charge is 0.352 e. The van der Waals surface area contributed by atoms with Gasteiger partial charge in [-0.2, -0.15) is 0 Å². The topological polar surface area (TPSA) is 29.1 Å². The Hall–Kier alpha value is -1.74. The van der Waals surface area contributed by atoms with Gasteiger partial charge in [-0.25, -0.2) is 0 Å². The van der Waals surface area contributed by atoms with Crippen LogP contribution in [0.5, 0.6) is 0 Å². The zero-order chi connectivity index (χ0) is 19.8. The van der Waals surface area contributed by atoms with Gasteiger partial charge in [0.25, 0.3) is 0 Å². The molecule has 0 aliphatic heterocycles. The van der Waals surface area contributed by atoms with Gasteiger partial charge in [-0.1, -0.05) is 48.5 Å². The average molecular weight is 406 g/mol. The minimum absolute atomic E-state index is 0.160. The highest BCUT2D eigenvalue weighted by Crippen LogP contribution is 2.61. The van der Waals surface area contributed by atoms with E-state index in [1.54, 1.807) is 11.8 Å². The molecule has 4 aliphatic carbocycles. The van der Waals surface area contributed by atoms with Crippen LogP contribution < -0.4 is 5.32 Å². The number of rotatable bonds is 6. The standard InChI is InChI=1S/C26H31NOS/c1-18(26-15-19-12-20(16-26)14-21(13-19)17-26)27-25(28)24(22-8-4-2-5-9-22)29-23-10-6-3-7-11-23/h2-11,18-21,24H,12-17H2,1H3,(H,27,28)/t18-,19?,20?,21?,24+,26?/m0/s1. The van der Waals surface area contributed by atoms with E-state index < -0.39 is 0 Å². The molecule has 2 aromatic rings. The molecule has 0 saturated heterocycles. The number of nitrogens with one attached hydrogen (secondary N) is 1. The summed E-state index contributed by atoms with van der Waals surface area (Å²) in [5.41, 5.74) is 1.42. The molecule has 0 unspecified atom stereocenters. The number of thioether (sulfide) groups is 1. The zero-order valence-electron chi connectivity index (χ0n) is 17.2. The van der Waals surface area contributed by atoms with Crippen LogP contribution in [0.3, 0.4) is 0 Å². The first-order chi connectivity index (χ1) is 14.1. The van der Waals surface area contributed by atoms with Crippen LogP contribution in [0.25, 0.3) is 0 Å². The Morgan fingerprint density at radius 3 is 1.97 bits per heavy atom. The molecular weight excluding hydrogens is 374 g/mol. The van der Waals surface area contributed by atoms with Gasteiger partial charge in [-0.3, -0.25) is 4.79 Å². The van der Waals surface area contributed by atoms with E-state index in [2.05, 4.69) is 36.5 Å². The summed E-state index contributed by atoms with van der Waals surface area (Å²) in [6.45, 7) is 2.28. The Labute approximate surface area is 178 Å². The summed E-state index contributed by atoms with van der Waals surface area (Å²) < 4.78 is 0. The SMILES string of the molecule is C[C@H](NC(=O)[C@H](Sc1ccccc1)c1ccccc1)C12CC3CC(CC(C3)C1)C2. The van der Waals surface area contributed by atoms with Crippen molar-refractivity contribution in [3.05, 3.63) is 66.2 Å². The number of amides is 1. The summed E-state index contributed by atoms with van der Waals surface area (Å²) >= 11 is 1.66. The van der Waals surface area contributed by atoms with E-state index >= 15 is 0 Å². The molecule has 1 N–H and O–H groups in total. The summed E-state index contributed by atoms with van der Waals surface area (Å²) in [4.78, 5) is 14.7. The van der Waals surface area contributed by atoms with Gasteiger partial charge in [0, 0.05) is 10.9 Å². The number of hydrogen-bond donors (Lipinski definition) is 1. The molecule has 4 bridgehead atoms. The van der Waals surface area contributed by atoms with Crippen molar-refractivity contribution < 1.29 is 4.79 Å². The van der Waals surface area contributed by atoms with Crippen molar-refractivity contribution >= 4 is 17.7 Å². The molecule has 4 aliphatic rings. The van der Waals surface area contributed by atoms with Gasteiger partial charge in [0.15, 0.2) is 0 Å². The molecule has 4 fully saturated rings. The maximum atomic E-state index is 13.5. The van der Waals surface area contributed by atoms with Gasteiger partial charge in [0.05, 0.1) is 0 Å². The Kier molecular flexibility index (Phi) is 5.19. The first-order valence-electron chi connectivity index (χ1n) is 11.2. The van der Waals surface area contributed by atoms with Crippen molar-refractivity contribution in [2.75, 3.05) is 0 Å². The van der Waals surface area contributed by atoms with Crippen LogP contribution in [-0.2, 0) is 4.79 Å². The fraction of sp³-hybridized carbons (Fsp3) is 0.500. The van der Waals surface area contributed by atoms with Crippen molar-refractivity contribution in [2.24, 2.45) is 23.2 Å². The molecule has 2 aromatic carbocycles. The van der Waals surface area contributed by atoms with Crippen LogP contribution in [0.4, 0.5) is 0 Å². The number of carbonyl (C=O) groups excluding carboxylic acids is 1. The second-order valence-corrected chi connectivity index (χ2v) is 10.9. The third-order valence-electron chi connectivity index (χ3n) is 7.70. The number of carbonyl (C=O) groups is 1.